The van der Waals surface area contributed by atoms with Gasteiger partial charge >= 0.3 is 0 Å². The first-order valence-electron chi connectivity index (χ1n) is 5.71. The molecule has 1 aromatic rings. The Labute approximate surface area is 108 Å². The lowest BCUT2D eigenvalue weighted by Crippen LogP contribution is -2.44. The summed E-state index contributed by atoms with van der Waals surface area (Å²) in [5, 5.41) is 10.3. The molecule has 1 aliphatic carbocycles. The van der Waals surface area contributed by atoms with Gasteiger partial charge in [0.05, 0.1) is 15.6 Å². The van der Waals surface area contributed by atoms with Crippen LogP contribution in [0, 0.1) is 23.5 Å². The second-order valence-electron chi connectivity index (χ2n) is 5.16. The van der Waals surface area contributed by atoms with E-state index in [1.54, 1.807) is 0 Å². The first-order valence-corrected chi connectivity index (χ1v) is 6.51. The number of hydrogen-bond acceptors (Lipinski definition) is 1. The molecule has 0 spiro atoms. The van der Waals surface area contributed by atoms with Crippen molar-refractivity contribution in [2.75, 3.05) is 0 Å². The molecule has 0 saturated heterocycles. The van der Waals surface area contributed by atoms with Crippen LogP contribution in [0.4, 0.5) is 8.78 Å². The number of rotatable bonds is 2. The molecular formula is C13H15BrF2O. The van der Waals surface area contributed by atoms with Gasteiger partial charge in [0.1, 0.15) is 11.6 Å². The molecule has 1 N–H and O–H groups in total. The summed E-state index contributed by atoms with van der Waals surface area (Å²) < 4.78 is 27.7. The Morgan fingerprint density at radius 2 is 1.94 bits per heavy atom. The standard InChI is InChI=1S/C13H15BrF2O/c1-7(2)8-5-13(17,6-8)11-10(15)4-3-9(14)12(11)16/h3-4,7-8,17H,5-6H2,1-2H3. The summed E-state index contributed by atoms with van der Waals surface area (Å²) in [6.45, 7) is 4.11. The topological polar surface area (TPSA) is 20.2 Å². The lowest BCUT2D eigenvalue weighted by Gasteiger charge is -2.46. The quantitative estimate of drug-likeness (QED) is 0.819. The third-order valence-corrected chi connectivity index (χ3v) is 4.26. The van der Waals surface area contributed by atoms with Crippen LogP contribution in [-0.2, 0) is 5.60 Å². The minimum atomic E-state index is -1.34. The van der Waals surface area contributed by atoms with Crippen molar-refractivity contribution in [2.45, 2.75) is 32.3 Å². The second kappa shape index (κ2) is 4.32. The molecule has 94 valence electrons. The van der Waals surface area contributed by atoms with Crippen LogP contribution in [0.15, 0.2) is 16.6 Å². The fourth-order valence-corrected chi connectivity index (χ4v) is 2.77. The maximum Gasteiger partial charge on any atom is 0.146 e. The Bertz CT molecular complexity index is 439. The van der Waals surface area contributed by atoms with Crippen LogP contribution in [0.5, 0.6) is 0 Å². The van der Waals surface area contributed by atoms with Crippen LogP contribution in [0.1, 0.15) is 32.3 Å². The van der Waals surface area contributed by atoms with Gasteiger partial charge in [-0.3, -0.25) is 0 Å². The van der Waals surface area contributed by atoms with E-state index < -0.39 is 17.2 Å². The summed E-state index contributed by atoms with van der Waals surface area (Å²) in [6.07, 6.45) is 0.851. The summed E-state index contributed by atoms with van der Waals surface area (Å²) in [5.74, 6) is -0.601. The molecule has 0 amide bonds. The molecule has 2 rings (SSSR count). The molecule has 0 aliphatic heterocycles. The molecule has 17 heavy (non-hydrogen) atoms. The summed E-state index contributed by atoms with van der Waals surface area (Å²) in [6, 6.07) is 2.50. The van der Waals surface area contributed by atoms with E-state index in [4.69, 9.17) is 0 Å². The Kier molecular flexibility index (Phi) is 3.29. The smallest absolute Gasteiger partial charge is 0.146 e. The van der Waals surface area contributed by atoms with Gasteiger partial charge in [-0.05, 0) is 52.7 Å². The second-order valence-corrected chi connectivity index (χ2v) is 6.02. The Morgan fingerprint density at radius 1 is 1.35 bits per heavy atom. The van der Waals surface area contributed by atoms with E-state index in [9.17, 15) is 13.9 Å². The molecule has 0 heterocycles. The molecule has 1 aromatic carbocycles. The van der Waals surface area contributed by atoms with Crippen LogP contribution in [0.25, 0.3) is 0 Å². The van der Waals surface area contributed by atoms with E-state index in [0.29, 0.717) is 24.7 Å². The SMILES string of the molecule is CC(C)C1CC(O)(c2c(F)ccc(Br)c2F)C1. The molecule has 1 aliphatic rings. The number of benzene rings is 1. The van der Waals surface area contributed by atoms with Crippen LogP contribution in [-0.4, -0.2) is 5.11 Å². The fourth-order valence-electron chi connectivity index (χ4n) is 2.44. The van der Waals surface area contributed by atoms with Gasteiger partial charge in [-0.2, -0.15) is 0 Å². The highest BCUT2D eigenvalue weighted by Crippen LogP contribution is 2.50. The zero-order valence-electron chi connectivity index (χ0n) is 9.80. The van der Waals surface area contributed by atoms with Crippen molar-refractivity contribution >= 4 is 15.9 Å². The van der Waals surface area contributed by atoms with Crippen LogP contribution in [0.2, 0.25) is 0 Å². The summed E-state index contributed by atoms with van der Waals surface area (Å²) in [7, 11) is 0. The molecular weight excluding hydrogens is 290 g/mol. The predicted molar refractivity (Wildman–Crippen MR) is 65.5 cm³/mol. The first kappa shape index (κ1) is 13.0. The van der Waals surface area contributed by atoms with E-state index in [2.05, 4.69) is 29.8 Å². The summed E-state index contributed by atoms with van der Waals surface area (Å²) in [5.41, 5.74) is -1.53. The van der Waals surface area contributed by atoms with Crippen LogP contribution < -0.4 is 0 Å². The highest BCUT2D eigenvalue weighted by molar-refractivity contribution is 9.10. The average Bonchev–Trinajstić information content (AvgIpc) is 2.20. The van der Waals surface area contributed by atoms with Gasteiger partial charge in [-0.15, -0.1) is 0 Å². The first-order chi connectivity index (χ1) is 7.85. The molecule has 0 radical (unpaired) electrons. The monoisotopic (exact) mass is 304 g/mol. The maximum atomic E-state index is 13.9. The van der Waals surface area contributed by atoms with Crippen molar-refractivity contribution in [1.29, 1.82) is 0 Å². The van der Waals surface area contributed by atoms with Gasteiger partial charge in [0, 0.05) is 0 Å². The Balaban J connectivity index is 2.33. The van der Waals surface area contributed by atoms with Gasteiger partial charge in [-0.25, -0.2) is 8.78 Å². The van der Waals surface area contributed by atoms with Crippen molar-refractivity contribution in [2.24, 2.45) is 11.8 Å². The van der Waals surface area contributed by atoms with Crippen LogP contribution in [0.3, 0.4) is 0 Å². The van der Waals surface area contributed by atoms with Gasteiger partial charge in [0.25, 0.3) is 0 Å². The van der Waals surface area contributed by atoms with Crippen molar-refractivity contribution in [3.05, 3.63) is 33.8 Å². The molecule has 0 unspecified atom stereocenters. The molecule has 1 fully saturated rings. The average molecular weight is 305 g/mol. The van der Waals surface area contributed by atoms with Crippen molar-refractivity contribution in [3.8, 4) is 0 Å². The Morgan fingerprint density at radius 3 is 2.47 bits per heavy atom. The zero-order chi connectivity index (χ0) is 12.8. The van der Waals surface area contributed by atoms with Gasteiger partial charge in [0.2, 0.25) is 0 Å². The third kappa shape index (κ3) is 2.13. The van der Waals surface area contributed by atoms with Gasteiger partial charge in [0.15, 0.2) is 0 Å². The highest BCUT2D eigenvalue weighted by atomic mass is 79.9. The largest absolute Gasteiger partial charge is 0.385 e. The maximum absolute atomic E-state index is 13.9. The number of hydrogen-bond donors (Lipinski definition) is 1. The zero-order valence-corrected chi connectivity index (χ0v) is 11.4. The van der Waals surface area contributed by atoms with E-state index in [-0.39, 0.29) is 10.0 Å². The normalized spacial score (nSPS) is 28.3. The third-order valence-electron chi connectivity index (χ3n) is 3.65. The lowest BCUT2D eigenvalue weighted by atomic mass is 9.63. The van der Waals surface area contributed by atoms with E-state index in [1.165, 1.54) is 12.1 Å². The summed E-state index contributed by atoms with van der Waals surface area (Å²) in [4.78, 5) is 0. The lowest BCUT2D eigenvalue weighted by molar-refractivity contribution is -0.0979. The Hall–Kier alpha value is -0.480. The minimum absolute atomic E-state index is 0.190. The van der Waals surface area contributed by atoms with Crippen molar-refractivity contribution in [1.82, 2.24) is 0 Å². The number of aliphatic hydroxyl groups is 1. The number of halogens is 3. The summed E-state index contributed by atoms with van der Waals surface area (Å²) >= 11 is 3.02. The molecule has 0 aromatic heterocycles. The van der Waals surface area contributed by atoms with E-state index >= 15 is 0 Å². The van der Waals surface area contributed by atoms with E-state index in [1.807, 2.05) is 0 Å². The predicted octanol–water partition coefficient (Wildman–Crippen LogP) is 3.98. The van der Waals surface area contributed by atoms with Gasteiger partial charge < -0.3 is 5.11 Å². The molecule has 1 nitrogen and oxygen atoms in total. The molecule has 0 atom stereocenters. The highest BCUT2D eigenvalue weighted by Gasteiger charge is 2.48. The van der Waals surface area contributed by atoms with E-state index in [0.717, 1.165) is 0 Å². The fraction of sp³-hybridized carbons (Fsp3) is 0.538. The molecule has 4 heteroatoms. The van der Waals surface area contributed by atoms with Crippen molar-refractivity contribution < 1.29 is 13.9 Å². The van der Waals surface area contributed by atoms with Crippen molar-refractivity contribution in [3.63, 3.8) is 0 Å². The molecule has 0 bridgehead atoms. The van der Waals surface area contributed by atoms with Crippen LogP contribution >= 0.6 is 15.9 Å². The minimum Gasteiger partial charge on any atom is -0.385 e. The van der Waals surface area contributed by atoms with Gasteiger partial charge in [-0.1, -0.05) is 13.8 Å². The molecule has 1 saturated carbocycles.